The van der Waals surface area contributed by atoms with Crippen molar-refractivity contribution in [3.05, 3.63) is 33.8 Å². The first-order chi connectivity index (χ1) is 6.04. The topological polar surface area (TPSA) is 67.8 Å². The van der Waals surface area contributed by atoms with Crippen molar-refractivity contribution in [1.29, 1.82) is 0 Å². The maximum atomic E-state index is 10.5. The number of carboxylic acid groups (broad SMARTS) is 1. The Hall–Kier alpha value is -0.770. The molecule has 3 nitrogen and oxygen atoms in total. The molecule has 0 bridgehead atoms. The molecule has 0 fully saturated rings. The second-order valence-electron chi connectivity index (χ2n) is 2.51. The Morgan fingerprint density at radius 2 is 2.08 bits per heavy atom. The van der Waals surface area contributed by atoms with Gasteiger partial charge in [0.15, 0.2) is 6.04 Å². The zero-order valence-corrected chi connectivity index (χ0v) is 8.10. The Labute approximate surface area is 85.1 Å². The number of halogens is 2. The van der Waals surface area contributed by atoms with Crippen molar-refractivity contribution in [2.45, 2.75) is 6.04 Å². The van der Waals surface area contributed by atoms with E-state index in [1.165, 1.54) is 0 Å². The van der Waals surface area contributed by atoms with Crippen molar-refractivity contribution >= 4 is 29.2 Å². The van der Waals surface area contributed by atoms with Crippen molar-refractivity contribution < 1.29 is 15.6 Å². The first-order valence-electron chi connectivity index (χ1n) is 3.52. The maximum Gasteiger partial charge on any atom is 0.152 e. The second kappa shape index (κ2) is 3.96. The molecule has 1 aromatic carbocycles. The van der Waals surface area contributed by atoms with Crippen LogP contribution < -0.4 is 10.8 Å². The van der Waals surface area contributed by atoms with Gasteiger partial charge in [0.25, 0.3) is 0 Å². The van der Waals surface area contributed by atoms with Crippen molar-refractivity contribution in [2.75, 3.05) is 0 Å². The highest BCUT2D eigenvalue weighted by Gasteiger charge is 2.15. The molecule has 0 heterocycles. The number of quaternary nitrogens is 1. The molecule has 0 aliphatic carbocycles. The van der Waals surface area contributed by atoms with Crippen LogP contribution in [0.3, 0.4) is 0 Å². The fraction of sp³-hybridized carbons (Fsp3) is 0.125. The average Bonchev–Trinajstić information content (AvgIpc) is 2.08. The number of aliphatic carboxylic acids is 1. The zero-order chi connectivity index (χ0) is 10.0. The minimum atomic E-state index is -1.27. The normalized spacial score (nSPS) is 12.5. The predicted molar refractivity (Wildman–Crippen MR) is 47.1 cm³/mol. The quantitative estimate of drug-likeness (QED) is 0.763. The van der Waals surface area contributed by atoms with E-state index in [1.807, 2.05) is 0 Å². The fourth-order valence-electron chi connectivity index (χ4n) is 0.917. The van der Waals surface area contributed by atoms with Crippen molar-refractivity contribution in [3.8, 4) is 0 Å². The van der Waals surface area contributed by atoms with Gasteiger partial charge in [0.05, 0.1) is 10.0 Å². The highest BCUT2D eigenvalue weighted by Crippen LogP contribution is 2.27. The Bertz CT molecular complexity index is 341. The minimum Gasteiger partial charge on any atom is -0.544 e. The molecule has 0 unspecified atom stereocenters. The van der Waals surface area contributed by atoms with E-state index in [-0.39, 0.29) is 5.02 Å². The van der Waals surface area contributed by atoms with E-state index < -0.39 is 12.0 Å². The largest absolute Gasteiger partial charge is 0.544 e. The summed E-state index contributed by atoms with van der Waals surface area (Å²) in [5, 5.41) is 11.0. The fourth-order valence-corrected chi connectivity index (χ4v) is 1.36. The van der Waals surface area contributed by atoms with Gasteiger partial charge in [-0.3, -0.25) is 0 Å². The van der Waals surface area contributed by atoms with Crippen LogP contribution >= 0.6 is 23.2 Å². The molecular formula is C8H7Cl2NO2. The van der Waals surface area contributed by atoms with Gasteiger partial charge in [0.1, 0.15) is 5.97 Å². The Morgan fingerprint density at radius 1 is 1.46 bits per heavy atom. The number of benzene rings is 1. The molecule has 3 N–H and O–H groups in total. The number of carbonyl (C=O) groups excluding carboxylic acids is 1. The van der Waals surface area contributed by atoms with Gasteiger partial charge >= 0.3 is 0 Å². The van der Waals surface area contributed by atoms with Gasteiger partial charge in [-0.1, -0.05) is 35.3 Å². The van der Waals surface area contributed by atoms with Crippen molar-refractivity contribution in [2.24, 2.45) is 0 Å². The van der Waals surface area contributed by atoms with Crippen LogP contribution in [-0.4, -0.2) is 5.97 Å². The van der Waals surface area contributed by atoms with Crippen LogP contribution in [0.2, 0.25) is 10.0 Å². The van der Waals surface area contributed by atoms with Crippen LogP contribution in [0.1, 0.15) is 11.6 Å². The SMILES string of the molecule is [NH3+][C@@H](C(=O)[O-])c1cccc(Cl)c1Cl. The smallest absolute Gasteiger partial charge is 0.152 e. The molecule has 0 saturated carbocycles. The lowest BCUT2D eigenvalue weighted by Gasteiger charge is -2.11. The average molecular weight is 220 g/mol. The van der Waals surface area contributed by atoms with Crippen LogP contribution in [0.25, 0.3) is 0 Å². The molecule has 0 spiro atoms. The summed E-state index contributed by atoms with van der Waals surface area (Å²) < 4.78 is 0. The number of carbonyl (C=O) groups is 1. The van der Waals surface area contributed by atoms with E-state index >= 15 is 0 Å². The third-order valence-corrected chi connectivity index (χ3v) is 2.47. The predicted octanol–water partition coefficient (Wildman–Crippen LogP) is 0.0263. The Balaban J connectivity index is 3.15. The zero-order valence-electron chi connectivity index (χ0n) is 6.59. The molecule has 5 heteroatoms. The van der Waals surface area contributed by atoms with E-state index in [2.05, 4.69) is 5.73 Å². The highest BCUT2D eigenvalue weighted by molar-refractivity contribution is 6.42. The molecule has 13 heavy (non-hydrogen) atoms. The number of hydrogen-bond acceptors (Lipinski definition) is 2. The summed E-state index contributed by atoms with van der Waals surface area (Å²) >= 11 is 11.5. The Kier molecular flexibility index (Phi) is 3.14. The second-order valence-corrected chi connectivity index (χ2v) is 3.30. The Morgan fingerprint density at radius 3 is 2.62 bits per heavy atom. The first-order valence-corrected chi connectivity index (χ1v) is 4.27. The van der Waals surface area contributed by atoms with Gasteiger partial charge in [-0.25, -0.2) is 0 Å². The van der Waals surface area contributed by atoms with Gasteiger partial charge < -0.3 is 15.6 Å². The van der Waals surface area contributed by atoms with Gasteiger partial charge in [0.2, 0.25) is 0 Å². The van der Waals surface area contributed by atoms with Gasteiger partial charge in [-0.2, -0.15) is 0 Å². The summed E-state index contributed by atoms with van der Waals surface area (Å²) in [5.74, 6) is -1.27. The number of carboxylic acids is 1. The van der Waals surface area contributed by atoms with E-state index in [4.69, 9.17) is 23.2 Å². The minimum absolute atomic E-state index is 0.216. The summed E-state index contributed by atoms with van der Waals surface area (Å²) in [6.45, 7) is 0. The van der Waals surface area contributed by atoms with E-state index in [0.29, 0.717) is 10.6 Å². The van der Waals surface area contributed by atoms with Crippen molar-refractivity contribution in [1.82, 2.24) is 0 Å². The van der Waals surface area contributed by atoms with Crippen LogP contribution in [0, 0.1) is 0 Å². The third kappa shape index (κ3) is 2.12. The molecule has 0 aliphatic rings. The van der Waals surface area contributed by atoms with E-state index in [1.54, 1.807) is 18.2 Å². The standard InChI is InChI=1S/C8H7Cl2NO2/c9-5-3-1-2-4(6(5)10)7(11)8(12)13/h1-3,7H,11H2,(H,12,13)/t7-/m1/s1. The molecule has 0 aromatic heterocycles. The molecule has 70 valence electrons. The lowest BCUT2D eigenvalue weighted by atomic mass is 10.1. The number of rotatable bonds is 2. The van der Waals surface area contributed by atoms with Crippen LogP contribution in [0.15, 0.2) is 18.2 Å². The molecule has 1 atom stereocenters. The summed E-state index contributed by atoms with van der Waals surface area (Å²) in [4.78, 5) is 10.5. The summed E-state index contributed by atoms with van der Waals surface area (Å²) in [5.41, 5.74) is 3.77. The van der Waals surface area contributed by atoms with Crippen molar-refractivity contribution in [3.63, 3.8) is 0 Å². The lowest BCUT2D eigenvalue weighted by Crippen LogP contribution is -2.61. The monoisotopic (exact) mass is 219 g/mol. The molecule has 0 saturated heterocycles. The summed E-state index contributed by atoms with van der Waals surface area (Å²) in [6.07, 6.45) is 0. The molecule has 0 radical (unpaired) electrons. The lowest BCUT2D eigenvalue weighted by molar-refractivity contribution is -0.443. The van der Waals surface area contributed by atoms with Gasteiger partial charge in [0, 0.05) is 5.56 Å². The third-order valence-electron chi connectivity index (χ3n) is 1.64. The summed E-state index contributed by atoms with van der Waals surface area (Å²) in [6, 6.07) is 3.76. The molecule has 0 aliphatic heterocycles. The van der Waals surface area contributed by atoms with Crippen LogP contribution in [0.5, 0.6) is 0 Å². The highest BCUT2D eigenvalue weighted by atomic mass is 35.5. The van der Waals surface area contributed by atoms with E-state index in [0.717, 1.165) is 0 Å². The first kappa shape index (κ1) is 10.3. The van der Waals surface area contributed by atoms with Crippen LogP contribution in [0.4, 0.5) is 0 Å². The van der Waals surface area contributed by atoms with Crippen LogP contribution in [-0.2, 0) is 4.79 Å². The van der Waals surface area contributed by atoms with Gasteiger partial charge in [-0.05, 0) is 6.07 Å². The maximum absolute atomic E-state index is 10.5. The van der Waals surface area contributed by atoms with Gasteiger partial charge in [-0.15, -0.1) is 0 Å². The molecule has 1 rings (SSSR count). The van der Waals surface area contributed by atoms with E-state index in [9.17, 15) is 9.90 Å². The molecular weight excluding hydrogens is 213 g/mol. The number of hydrogen-bond donors (Lipinski definition) is 1. The molecule has 0 amide bonds. The summed E-state index contributed by atoms with van der Waals surface area (Å²) in [7, 11) is 0. The molecule has 1 aromatic rings.